The number of hydrogen-bond acceptors (Lipinski definition) is 4. The zero-order chi connectivity index (χ0) is 17.8. The van der Waals surface area contributed by atoms with Gasteiger partial charge in [-0.3, -0.25) is 14.4 Å². The van der Waals surface area contributed by atoms with E-state index >= 15 is 0 Å². The summed E-state index contributed by atoms with van der Waals surface area (Å²) < 4.78 is 1.83. The van der Waals surface area contributed by atoms with Crippen LogP contribution in [0.15, 0.2) is 60.2 Å². The summed E-state index contributed by atoms with van der Waals surface area (Å²) in [7, 11) is 0. The molecule has 1 amide bonds. The molecule has 0 radical (unpaired) electrons. The fraction of sp³-hybridized carbons (Fsp3) is 0.300. The smallest absolute Gasteiger partial charge is 0.257 e. The van der Waals surface area contributed by atoms with Crippen molar-refractivity contribution in [2.24, 2.45) is 0 Å². The Bertz CT molecular complexity index is 836. The molecule has 0 unspecified atom stereocenters. The molecular weight excluding hydrogens is 344 g/mol. The normalized spacial score (nSPS) is 15.3. The molecule has 0 atom stereocenters. The zero-order valence-corrected chi connectivity index (χ0v) is 15.4. The highest BCUT2D eigenvalue weighted by atomic mass is 32.1. The van der Waals surface area contributed by atoms with E-state index in [-0.39, 0.29) is 5.91 Å². The number of carbonyl (C=O) groups excluding carboxylic acids is 1. The minimum atomic E-state index is 0.0834. The van der Waals surface area contributed by atoms with Crippen molar-refractivity contribution >= 4 is 17.2 Å². The van der Waals surface area contributed by atoms with Crippen molar-refractivity contribution in [3.8, 4) is 0 Å². The van der Waals surface area contributed by atoms with Crippen molar-refractivity contribution in [2.45, 2.75) is 13.1 Å². The summed E-state index contributed by atoms with van der Waals surface area (Å²) in [5.41, 5.74) is 1.85. The second-order valence-electron chi connectivity index (χ2n) is 6.56. The molecule has 0 spiro atoms. The number of amides is 1. The Balaban J connectivity index is 1.32. The summed E-state index contributed by atoms with van der Waals surface area (Å²) in [6.07, 6.45) is 3.54. The number of thiophene rings is 1. The van der Waals surface area contributed by atoms with Crippen LogP contribution >= 0.6 is 11.3 Å². The molecule has 3 aromatic rings. The Labute approximate surface area is 157 Å². The van der Waals surface area contributed by atoms with E-state index in [0.717, 1.165) is 32.7 Å². The van der Waals surface area contributed by atoms with E-state index in [1.165, 1.54) is 10.4 Å². The number of carbonyl (C=O) groups is 1. The molecule has 134 valence electrons. The van der Waals surface area contributed by atoms with Crippen molar-refractivity contribution in [2.75, 3.05) is 26.2 Å². The predicted molar refractivity (Wildman–Crippen MR) is 103 cm³/mol. The molecule has 4 rings (SSSR count). The average Bonchev–Trinajstić information content (AvgIpc) is 3.35. The lowest BCUT2D eigenvalue weighted by Crippen LogP contribution is -2.48. The molecule has 1 fully saturated rings. The van der Waals surface area contributed by atoms with Gasteiger partial charge in [-0.15, -0.1) is 11.3 Å². The lowest BCUT2D eigenvalue weighted by atomic mass is 10.2. The van der Waals surface area contributed by atoms with Gasteiger partial charge in [-0.05, 0) is 17.0 Å². The monoisotopic (exact) mass is 366 g/mol. The maximum atomic E-state index is 12.7. The molecule has 0 aliphatic carbocycles. The highest BCUT2D eigenvalue weighted by Crippen LogP contribution is 2.15. The van der Waals surface area contributed by atoms with Gasteiger partial charge >= 0.3 is 0 Å². The van der Waals surface area contributed by atoms with Crippen LogP contribution in [0.4, 0.5) is 0 Å². The Morgan fingerprint density at radius 3 is 2.54 bits per heavy atom. The van der Waals surface area contributed by atoms with Crippen LogP contribution in [0, 0.1) is 0 Å². The standard InChI is InChI=1S/C20H22N4OS/c25-20(18-13-21-24(15-18)14-17-5-2-1-3-6-17)23-10-8-22(9-11-23)16-19-7-4-12-26-19/h1-7,12-13,15H,8-11,14,16H2. The number of piperazine rings is 1. The third-order valence-corrected chi connectivity index (χ3v) is 5.55. The van der Waals surface area contributed by atoms with Crippen molar-refractivity contribution in [3.63, 3.8) is 0 Å². The fourth-order valence-corrected chi connectivity index (χ4v) is 3.99. The zero-order valence-electron chi connectivity index (χ0n) is 14.6. The minimum absolute atomic E-state index is 0.0834. The topological polar surface area (TPSA) is 41.4 Å². The molecule has 6 heteroatoms. The number of hydrogen-bond donors (Lipinski definition) is 0. The van der Waals surface area contributed by atoms with Crippen LogP contribution in [0.5, 0.6) is 0 Å². The summed E-state index contributed by atoms with van der Waals surface area (Å²) in [6.45, 7) is 5.04. The molecule has 0 N–H and O–H groups in total. The number of benzene rings is 1. The van der Waals surface area contributed by atoms with Gasteiger partial charge in [-0.1, -0.05) is 36.4 Å². The fourth-order valence-electron chi connectivity index (χ4n) is 3.25. The van der Waals surface area contributed by atoms with Crippen molar-refractivity contribution in [1.29, 1.82) is 0 Å². The molecule has 1 aromatic carbocycles. The first-order valence-corrected chi connectivity index (χ1v) is 9.76. The first kappa shape index (κ1) is 17.0. The number of aromatic nitrogens is 2. The summed E-state index contributed by atoms with van der Waals surface area (Å²) >= 11 is 1.79. The molecule has 1 saturated heterocycles. The molecule has 1 aliphatic heterocycles. The van der Waals surface area contributed by atoms with Crippen LogP contribution < -0.4 is 0 Å². The SMILES string of the molecule is O=C(c1cnn(Cc2ccccc2)c1)N1CCN(Cc2cccs2)CC1. The van der Waals surface area contributed by atoms with Gasteiger partial charge in [-0.2, -0.15) is 5.10 Å². The van der Waals surface area contributed by atoms with Crippen molar-refractivity contribution in [1.82, 2.24) is 19.6 Å². The summed E-state index contributed by atoms with van der Waals surface area (Å²) in [6, 6.07) is 14.4. The largest absolute Gasteiger partial charge is 0.336 e. The third kappa shape index (κ3) is 4.03. The van der Waals surface area contributed by atoms with E-state index < -0.39 is 0 Å². The minimum Gasteiger partial charge on any atom is -0.336 e. The van der Waals surface area contributed by atoms with E-state index in [4.69, 9.17) is 0 Å². The van der Waals surface area contributed by atoms with Crippen LogP contribution in [0.2, 0.25) is 0 Å². The predicted octanol–water partition coefficient (Wildman–Crippen LogP) is 2.95. The van der Waals surface area contributed by atoms with Crippen LogP contribution in [-0.2, 0) is 13.1 Å². The van der Waals surface area contributed by atoms with Crippen LogP contribution in [-0.4, -0.2) is 51.7 Å². The van der Waals surface area contributed by atoms with Crippen LogP contribution in [0.3, 0.4) is 0 Å². The van der Waals surface area contributed by atoms with Gasteiger partial charge in [0.25, 0.3) is 5.91 Å². The molecule has 26 heavy (non-hydrogen) atoms. The van der Waals surface area contributed by atoms with E-state index in [9.17, 15) is 4.79 Å². The number of rotatable bonds is 5. The van der Waals surface area contributed by atoms with Gasteiger partial charge in [0.1, 0.15) is 0 Å². The van der Waals surface area contributed by atoms with Gasteiger partial charge in [-0.25, -0.2) is 0 Å². The van der Waals surface area contributed by atoms with Gasteiger partial charge in [0.2, 0.25) is 0 Å². The summed E-state index contributed by atoms with van der Waals surface area (Å²) in [5, 5.41) is 6.47. The lowest BCUT2D eigenvalue weighted by Gasteiger charge is -2.34. The molecule has 2 aromatic heterocycles. The summed E-state index contributed by atoms with van der Waals surface area (Å²) in [5.74, 6) is 0.0834. The molecular formula is C20H22N4OS. The average molecular weight is 366 g/mol. The first-order valence-electron chi connectivity index (χ1n) is 8.88. The second-order valence-corrected chi connectivity index (χ2v) is 7.59. The Morgan fingerprint density at radius 1 is 1.00 bits per heavy atom. The van der Waals surface area contributed by atoms with Gasteiger partial charge in [0.05, 0.1) is 18.3 Å². The van der Waals surface area contributed by atoms with E-state index in [2.05, 4.69) is 39.6 Å². The summed E-state index contributed by atoms with van der Waals surface area (Å²) in [4.78, 5) is 18.5. The van der Waals surface area contributed by atoms with Gasteiger partial charge < -0.3 is 4.90 Å². The Morgan fingerprint density at radius 2 is 1.81 bits per heavy atom. The maximum absolute atomic E-state index is 12.7. The van der Waals surface area contributed by atoms with E-state index in [1.54, 1.807) is 17.5 Å². The van der Waals surface area contributed by atoms with Gasteiger partial charge in [0, 0.05) is 43.8 Å². The molecule has 0 saturated carbocycles. The quantitative estimate of drug-likeness (QED) is 0.697. The highest BCUT2D eigenvalue weighted by Gasteiger charge is 2.23. The molecule has 1 aliphatic rings. The number of nitrogens with zero attached hydrogens (tertiary/aromatic N) is 4. The lowest BCUT2D eigenvalue weighted by molar-refractivity contribution is 0.0629. The van der Waals surface area contributed by atoms with Crippen molar-refractivity contribution in [3.05, 3.63) is 76.2 Å². The van der Waals surface area contributed by atoms with Crippen LogP contribution in [0.25, 0.3) is 0 Å². The second kappa shape index (κ2) is 7.85. The molecule has 5 nitrogen and oxygen atoms in total. The Kier molecular flexibility index (Phi) is 5.13. The van der Waals surface area contributed by atoms with Crippen molar-refractivity contribution < 1.29 is 4.79 Å². The maximum Gasteiger partial charge on any atom is 0.257 e. The Hall–Kier alpha value is -2.44. The van der Waals surface area contributed by atoms with Crippen LogP contribution in [0.1, 0.15) is 20.8 Å². The third-order valence-electron chi connectivity index (χ3n) is 4.69. The highest BCUT2D eigenvalue weighted by molar-refractivity contribution is 7.09. The molecule has 0 bridgehead atoms. The molecule has 3 heterocycles. The van der Waals surface area contributed by atoms with E-state index in [0.29, 0.717) is 12.1 Å². The first-order chi connectivity index (χ1) is 12.8. The van der Waals surface area contributed by atoms with Gasteiger partial charge in [0.15, 0.2) is 0 Å². The van der Waals surface area contributed by atoms with E-state index in [1.807, 2.05) is 34.0 Å².